The lowest BCUT2D eigenvalue weighted by Gasteiger charge is -2.05. The SMILES string of the molecule is O=C(NCCc1ccccn1)Nc1nc(-c2ccccc2)cs1. The minimum atomic E-state index is -0.255. The first-order valence-electron chi connectivity index (χ1n) is 7.27. The van der Waals surface area contributed by atoms with E-state index >= 15 is 0 Å². The summed E-state index contributed by atoms with van der Waals surface area (Å²) in [6, 6.07) is 15.4. The number of amides is 2. The molecule has 3 rings (SSSR count). The third-order valence-electron chi connectivity index (χ3n) is 3.19. The van der Waals surface area contributed by atoms with E-state index in [1.807, 2.05) is 53.9 Å². The first kappa shape index (κ1) is 15.2. The highest BCUT2D eigenvalue weighted by Gasteiger charge is 2.07. The molecule has 0 aliphatic heterocycles. The minimum Gasteiger partial charge on any atom is -0.337 e. The minimum absolute atomic E-state index is 0.255. The number of benzene rings is 1. The van der Waals surface area contributed by atoms with Crippen molar-refractivity contribution >= 4 is 22.5 Å². The van der Waals surface area contributed by atoms with E-state index in [4.69, 9.17) is 0 Å². The summed E-state index contributed by atoms with van der Waals surface area (Å²) in [5, 5.41) is 8.07. The number of hydrogen-bond donors (Lipinski definition) is 2. The maximum Gasteiger partial charge on any atom is 0.321 e. The monoisotopic (exact) mass is 324 g/mol. The van der Waals surface area contributed by atoms with E-state index in [2.05, 4.69) is 20.6 Å². The molecule has 3 aromatic rings. The molecule has 116 valence electrons. The summed E-state index contributed by atoms with van der Waals surface area (Å²) < 4.78 is 0. The van der Waals surface area contributed by atoms with Crippen molar-refractivity contribution in [2.45, 2.75) is 6.42 Å². The topological polar surface area (TPSA) is 66.9 Å². The molecule has 2 heterocycles. The average molecular weight is 324 g/mol. The van der Waals surface area contributed by atoms with Crippen molar-refractivity contribution < 1.29 is 4.79 Å². The summed E-state index contributed by atoms with van der Waals surface area (Å²) in [5.74, 6) is 0. The first-order chi connectivity index (χ1) is 11.3. The predicted octanol–water partition coefficient (Wildman–Crippen LogP) is 3.57. The highest BCUT2D eigenvalue weighted by Crippen LogP contribution is 2.24. The van der Waals surface area contributed by atoms with Crippen molar-refractivity contribution in [3.05, 3.63) is 65.8 Å². The molecule has 0 fully saturated rings. The molecule has 0 atom stereocenters. The molecule has 2 amide bonds. The van der Waals surface area contributed by atoms with Gasteiger partial charge < -0.3 is 5.32 Å². The van der Waals surface area contributed by atoms with Gasteiger partial charge >= 0.3 is 6.03 Å². The van der Waals surface area contributed by atoms with E-state index in [9.17, 15) is 4.79 Å². The standard InChI is InChI=1S/C17H16N4OS/c22-16(19-11-9-14-8-4-5-10-18-14)21-17-20-15(12-23-17)13-6-2-1-3-7-13/h1-8,10,12H,9,11H2,(H2,19,20,21,22). The summed E-state index contributed by atoms with van der Waals surface area (Å²) in [4.78, 5) is 20.5. The fourth-order valence-electron chi connectivity index (χ4n) is 2.06. The van der Waals surface area contributed by atoms with Gasteiger partial charge in [0.05, 0.1) is 5.69 Å². The second-order valence-corrected chi connectivity index (χ2v) is 5.71. The first-order valence-corrected chi connectivity index (χ1v) is 8.15. The Morgan fingerprint density at radius 1 is 1.09 bits per heavy atom. The van der Waals surface area contributed by atoms with E-state index in [1.165, 1.54) is 11.3 Å². The van der Waals surface area contributed by atoms with Crippen LogP contribution in [0.4, 0.5) is 9.93 Å². The fourth-order valence-corrected chi connectivity index (χ4v) is 2.78. The largest absolute Gasteiger partial charge is 0.337 e. The van der Waals surface area contributed by atoms with Crippen molar-refractivity contribution in [3.8, 4) is 11.3 Å². The zero-order valence-electron chi connectivity index (χ0n) is 12.4. The molecule has 0 bridgehead atoms. The lowest BCUT2D eigenvalue weighted by Crippen LogP contribution is -2.30. The highest BCUT2D eigenvalue weighted by molar-refractivity contribution is 7.14. The third kappa shape index (κ3) is 4.37. The van der Waals surface area contributed by atoms with Gasteiger partial charge in [-0.1, -0.05) is 36.4 Å². The molecular weight excluding hydrogens is 308 g/mol. The van der Waals surface area contributed by atoms with Crippen LogP contribution in [0.2, 0.25) is 0 Å². The Kier molecular flexibility index (Phi) is 4.95. The van der Waals surface area contributed by atoms with Crippen LogP contribution in [0.1, 0.15) is 5.69 Å². The smallest absolute Gasteiger partial charge is 0.321 e. The number of thiazole rings is 1. The Hall–Kier alpha value is -2.73. The van der Waals surface area contributed by atoms with Crippen LogP contribution in [0.5, 0.6) is 0 Å². The zero-order valence-corrected chi connectivity index (χ0v) is 13.2. The quantitative estimate of drug-likeness (QED) is 0.754. The summed E-state index contributed by atoms with van der Waals surface area (Å²) in [7, 11) is 0. The highest BCUT2D eigenvalue weighted by atomic mass is 32.1. The van der Waals surface area contributed by atoms with Gasteiger partial charge in [0.15, 0.2) is 5.13 Å². The second-order valence-electron chi connectivity index (χ2n) is 4.86. The van der Waals surface area contributed by atoms with Gasteiger partial charge in [0.1, 0.15) is 0 Å². The van der Waals surface area contributed by atoms with Crippen LogP contribution < -0.4 is 10.6 Å². The summed E-state index contributed by atoms with van der Waals surface area (Å²) >= 11 is 1.41. The summed E-state index contributed by atoms with van der Waals surface area (Å²) in [6.45, 7) is 0.528. The number of rotatable bonds is 5. The zero-order chi connectivity index (χ0) is 15.9. The number of nitrogens with one attached hydrogen (secondary N) is 2. The predicted molar refractivity (Wildman–Crippen MR) is 92.5 cm³/mol. The third-order valence-corrected chi connectivity index (χ3v) is 3.94. The van der Waals surface area contributed by atoms with E-state index in [1.54, 1.807) is 6.20 Å². The number of aromatic nitrogens is 2. The molecule has 0 aliphatic rings. The van der Waals surface area contributed by atoms with Crippen molar-refractivity contribution in [1.82, 2.24) is 15.3 Å². The number of carbonyl (C=O) groups is 1. The lowest BCUT2D eigenvalue weighted by molar-refractivity contribution is 0.252. The number of nitrogens with zero attached hydrogens (tertiary/aromatic N) is 2. The summed E-state index contributed by atoms with van der Waals surface area (Å²) in [5.41, 5.74) is 2.85. The van der Waals surface area contributed by atoms with Crippen LogP contribution >= 0.6 is 11.3 Å². The van der Waals surface area contributed by atoms with Crippen molar-refractivity contribution in [2.24, 2.45) is 0 Å². The molecular formula is C17H16N4OS. The molecule has 2 N–H and O–H groups in total. The Bertz CT molecular complexity index is 759. The average Bonchev–Trinajstić information content (AvgIpc) is 3.05. The van der Waals surface area contributed by atoms with Gasteiger partial charge in [-0.15, -0.1) is 11.3 Å². The Labute approximate surface area is 138 Å². The van der Waals surface area contributed by atoms with Gasteiger partial charge in [-0.2, -0.15) is 0 Å². The van der Waals surface area contributed by atoms with Crippen LogP contribution in [0.15, 0.2) is 60.1 Å². The molecule has 0 saturated heterocycles. The van der Waals surface area contributed by atoms with Crippen molar-refractivity contribution in [3.63, 3.8) is 0 Å². The van der Waals surface area contributed by atoms with E-state index in [0.717, 1.165) is 17.0 Å². The molecule has 0 radical (unpaired) electrons. The van der Waals surface area contributed by atoms with Crippen LogP contribution in [0.3, 0.4) is 0 Å². The number of anilines is 1. The molecule has 1 aromatic carbocycles. The molecule has 5 nitrogen and oxygen atoms in total. The lowest BCUT2D eigenvalue weighted by atomic mass is 10.2. The molecule has 6 heteroatoms. The van der Waals surface area contributed by atoms with Gasteiger partial charge in [-0.25, -0.2) is 9.78 Å². The molecule has 0 aliphatic carbocycles. The number of urea groups is 1. The fraction of sp³-hybridized carbons (Fsp3) is 0.118. The van der Waals surface area contributed by atoms with Gasteiger partial charge in [-0.05, 0) is 12.1 Å². The van der Waals surface area contributed by atoms with E-state index < -0.39 is 0 Å². The second kappa shape index (κ2) is 7.51. The number of hydrogen-bond acceptors (Lipinski definition) is 4. The van der Waals surface area contributed by atoms with Crippen LogP contribution in [0, 0.1) is 0 Å². The van der Waals surface area contributed by atoms with E-state index in [0.29, 0.717) is 18.1 Å². The molecule has 0 saturated carbocycles. The van der Waals surface area contributed by atoms with Crippen LogP contribution in [0.25, 0.3) is 11.3 Å². The van der Waals surface area contributed by atoms with Crippen molar-refractivity contribution in [2.75, 3.05) is 11.9 Å². The van der Waals surface area contributed by atoms with Crippen LogP contribution in [-0.2, 0) is 6.42 Å². The normalized spacial score (nSPS) is 10.3. The Morgan fingerprint density at radius 3 is 2.70 bits per heavy atom. The molecule has 23 heavy (non-hydrogen) atoms. The van der Waals surface area contributed by atoms with E-state index in [-0.39, 0.29) is 6.03 Å². The van der Waals surface area contributed by atoms with Gasteiger partial charge in [-0.3, -0.25) is 10.3 Å². The van der Waals surface area contributed by atoms with Gasteiger partial charge in [0, 0.05) is 35.8 Å². The van der Waals surface area contributed by atoms with Crippen LogP contribution in [-0.4, -0.2) is 22.5 Å². The summed E-state index contributed by atoms with van der Waals surface area (Å²) in [6.07, 6.45) is 2.44. The number of pyridine rings is 1. The Balaban J connectivity index is 1.49. The van der Waals surface area contributed by atoms with Gasteiger partial charge in [0.2, 0.25) is 0 Å². The molecule has 0 unspecified atom stereocenters. The molecule has 0 spiro atoms. The Morgan fingerprint density at radius 2 is 1.91 bits per heavy atom. The number of carbonyl (C=O) groups excluding carboxylic acids is 1. The maximum atomic E-state index is 11.9. The van der Waals surface area contributed by atoms with Crippen molar-refractivity contribution in [1.29, 1.82) is 0 Å². The molecule has 2 aromatic heterocycles. The van der Waals surface area contributed by atoms with Gasteiger partial charge in [0.25, 0.3) is 0 Å². The maximum absolute atomic E-state index is 11.9.